The number of alkyl carbamates (subject to hydrolysis) is 1. The largest absolute Gasteiger partial charge is 0.464 e. The third-order valence-electron chi connectivity index (χ3n) is 4.96. The number of ether oxygens (including phenoxy) is 3. The average molecular weight is 515 g/mol. The molecule has 2 aromatic carbocycles. The van der Waals surface area contributed by atoms with Crippen molar-refractivity contribution in [1.29, 1.82) is 0 Å². The molecule has 3 aromatic rings. The van der Waals surface area contributed by atoms with Gasteiger partial charge in [-0.1, -0.05) is 48.5 Å². The summed E-state index contributed by atoms with van der Waals surface area (Å²) < 4.78 is 42.5. The monoisotopic (exact) mass is 514 g/mol. The summed E-state index contributed by atoms with van der Waals surface area (Å²) in [7, 11) is -3.95. The lowest BCUT2D eigenvalue weighted by Crippen LogP contribution is -2.47. The second kappa shape index (κ2) is 12.0. The van der Waals surface area contributed by atoms with E-state index in [2.05, 4.69) is 5.32 Å². The molecule has 0 radical (unpaired) electrons. The molecule has 0 saturated carbocycles. The summed E-state index contributed by atoms with van der Waals surface area (Å²) in [6, 6.07) is 16.5. The van der Waals surface area contributed by atoms with Crippen LogP contribution in [0.3, 0.4) is 0 Å². The van der Waals surface area contributed by atoms with Crippen molar-refractivity contribution in [2.45, 2.75) is 37.5 Å². The molecule has 1 N–H and O–H groups in total. The van der Waals surface area contributed by atoms with Gasteiger partial charge in [-0.3, -0.25) is 4.79 Å². The van der Waals surface area contributed by atoms with Crippen LogP contribution in [0, 0.1) is 0 Å². The lowest BCUT2D eigenvalue weighted by molar-refractivity contribution is -0.157. The minimum absolute atomic E-state index is 0.00767. The number of esters is 2. The van der Waals surface area contributed by atoms with Crippen molar-refractivity contribution in [3.05, 3.63) is 90.3 Å². The summed E-state index contributed by atoms with van der Waals surface area (Å²) in [6.07, 6.45) is 0.118. The Morgan fingerprint density at radius 3 is 2.19 bits per heavy atom. The quantitative estimate of drug-likeness (QED) is 0.323. The number of nitrogens with one attached hydrogen (secondary N) is 1. The number of hydrogen-bond donors (Lipinski definition) is 1. The van der Waals surface area contributed by atoms with Crippen LogP contribution in [0.1, 0.15) is 31.1 Å². The number of hydrogen-bond acceptors (Lipinski definition) is 8. The van der Waals surface area contributed by atoms with E-state index < -0.39 is 40.2 Å². The first-order chi connectivity index (χ1) is 17.2. The highest BCUT2D eigenvalue weighted by molar-refractivity contribution is 7.90. The van der Waals surface area contributed by atoms with Gasteiger partial charge in [-0.05, 0) is 30.7 Å². The molecular formula is C25H26N2O8S. The molecule has 0 aliphatic heterocycles. The molecule has 0 bridgehead atoms. The first kappa shape index (κ1) is 26.5. The van der Waals surface area contributed by atoms with Gasteiger partial charge in [-0.25, -0.2) is 22.0 Å². The summed E-state index contributed by atoms with van der Waals surface area (Å²) in [5.74, 6) is -1.65. The molecule has 1 amide bonds. The van der Waals surface area contributed by atoms with E-state index in [-0.39, 0.29) is 23.7 Å². The van der Waals surface area contributed by atoms with E-state index in [1.165, 1.54) is 30.6 Å². The standard InChI is InChI=1S/C25H26N2O8S/c1-3-33-24(29)22(26-25(30)34-17-19-10-6-4-7-11-19)23(35-18(2)28)20-14-15-27(16-20)36(31,32)21-12-8-5-9-13-21/h4-16,22-23H,3,17H2,1-2H3,(H,26,30). The molecule has 0 aliphatic rings. The average Bonchev–Trinajstić information content (AvgIpc) is 3.37. The van der Waals surface area contributed by atoms with Crippen molar-refractivity contribution in [3.63, 3.8) is 0 Å². The topological polar surface area (TPSA) is 130 Å². The number of rotatable bonds is 10. The van der Waals surface area contributed by atoms with Crippen molar-refractivity contribution >= 4 is 28.1 Å². The Kier molecular flexibility index (Phi) is 8.85. The second-order valence-electron chi connectivity index (χ2n) is 7.56. The molecule has 3 rings (SSSR count). The molecule has 0 spiro atoms. The van der Waals surface area contributed by atoms with Gasteiger partial charge in [0.25, 0.3) is 10.0 Å². The molecule has 1 aromatic heterocycles. The SMILES string of the molecule is CCOC(=O)C(NC(=O)OCc1ccccc1)C(OC(C)=O)c1ccn(S(=O)(=O)c2ccccc2)c1. The van der Waals surface area contributed by atoms with Crippen molar-refractivity contribution in [3.8, 4) is 0 Å². The number of amides is 1. The van der Waals surface area contributed by atoms with Gasteiger partial charge in [0.05, 0.1) is 11.5 Å². The summed E-state index contributed by atoms with van der Waals surface area (Å²) in [4.78, 5) is 37.2. The molecule has 2 unspecified atom stereocenters. The van der Waals surface area contributed by atoms with Gasteiger partial charge in [0.1, 0.15) is 6.61 Å². The Morgan fingerprint density at radius 2 is 1.58 bits per heavy atom. The van der Waals surface area contributed by atoms with E-state index in [1.54, 1.807) is 49.4 Å². The third kappa shape index (κ3) is 6.72. The van der Waals surface area contributed by atoms with Gasteiger partial charge in [0, 0.05) is 24.9 Å². The van der Waals surface area contributed by atoms with E-state index in [4.69, 9.17) is 14.2 Å². The summed E-state index contributed by atoms with van der Waals surface area (Å²) in [6.45, 7) is 2.63. The maximum absolute atomic E-state index is 13.0. The highest BCUT2D eigenvalue weighted by Crippen LogP contribution is 2.26. The predicted molar refractivity (Wildman–Crippen MR) is 128 cm³/mol. The smallest absolute Gasteiger partial charge is 0.408 e. The highest BCUT2D eigenvalue weighted by atomic mass is 32.2. The van der Waals surface area contributed by atoms with Gasteiger partial charge < -0.3 is 19.5 Å². The molecule has 10 nitrogen and oxygen atoms in total. The fraction of sp³-hybridized carbons (Fsp3) is 0.240. The van der Waals surface area contributed by atoms with Crippen molar-refractivity contribution in [1.82, 2.24) is 9.29 Å². The minimum Gasteiger partial charge on any atom is -0.464 e. The number of aromatic nitrogens is 1. The summed E-state index contributed by atoms with van der Waals surface area (Å²) in [5, 5.41) is 2.38. The lowest BCUT2D eigenvalue weighted by Gasteiger charge is -2.25. The van der Waals surface area contributed by atoms with Crippen LogP contribution in [0.25, 0.3) is 0 Å². The molecule has 36 heavy (non-hydrogen) atoms. The Bertz CT molecular complexity index is 1290. The van der Waals surface area contributed by atoms with Gasteiger partial charge in [-0.15, -0.1) is 0 Å². The summed E-state index contributed by atoms with van der Waals surface area (Å²) in [5.41, 5.74) is 0.867. The normalized spacial score (nSPS) is 12.7. The fourth-order valence-electron chi connectivity index (χ4n) is 3.31. The van der Waals surface area contributed by atoms with Crippen LogP contribution in [0.2, 0.25) is 0 Å². The Morgan fingerprint density at radius 1 is 0.944 bits per heavy atom. The Hall–Kier alpha value is -4.12. The Balaban J connectivity index is 1.88. The van der Waals surface area contributed by atoms with Crippen LogP contribution in [0.4, 0.5) is 4.79 Å². The summed E-state index contributed by atoms with van der Waals surface area (Å²) >= 11 is 0. The number of nitrogens with zero attached hydrogens (tertiary/aromatic N) is 1. The molecule has 1 heterocycles. The van der Waals surface area contributed by atoms with Crippen LogP contribution in [-0.2, 0) is 40.4 Å². The molecule has 2 atom stereocenters. The first-order valence-electron chi connectivity index (χ1n) is 11.0. The van der Waals surface area contributed by atoms with Crippen LogP contribution in [0.5, 0.6) is 0 Å². The molecule has 190 valence electrons. The number of carbonyl (C=O) groups is 3. The third-order valence-corrected chi connectivity index (χ3v) is 6.61. The van der Waals surface area contributed by atoms with Crippen LogP contribution in [-0.4, -0.2) is 43.1 Å². The van der Waals surface area contributed by atoms with E-state index in [0.717, 1.165) is 16.5 Å². The minimum atomic E-state index is -3.95. The van der Waals surface area contributed by atoms with Crippen molar-refractivity contribution in [2.24, 2.45) is 0 Å². The van der Waals surface area contributed by atoms with Crippen LogP contribution < -0.4 is 5.32 Å². The van der Waals surface area contributed by atoms with Gasteiger partial charge in [-0.2, -0.15) is 0 Å². The second-order valence-corrected chi connectivity index (χ2v) is 9.40. The molecule has 0 aliphatic carbocycles. The Labute approximate surface area is 208 Å². The van der Waals surface area contributed by atoms with Gasteiger partial charge in [0.15, 0.2) is 12.1 Å². The van der Waals surface area contributed by atoms with E-state index in [9.17, 15) is 22.8 Å². The first-order valence-corrected chi connectivity index (χ1v) is 12.5. The van der Waals surface area contributed by atoms with Crippen molar-refractivity contribution < 1.29 is 37.0 Å². The maximum Gasteiger partial charge on any atom is 0.408 e. The molecule has 11 heteroatoms. The van der Waals surface area contributed by atoms with E-state index in [1.807, 2.05) is 6.07 Å². The fourth-order valence-corrected chi connectivity index (χ4v) is 4.54. The zero-order chi connectivity index (χ0) is 26.1. The van der Waals surface area contributed by atoms with E-state index >= 15 is 0 Å². The molecule has 0 fully saturated rings. The zero-order valence-electron chi connectivity index (χ0n) is 19.7. The maximum atomic E-state index is 13.0. The van der Waals surface area contributed by atoms with Crippen LogP contribution >= 0.6 is 0 Å². The van der Waals surface area contributed by atoms with Crippen molar-refractivity contribution in [2.75, 3.05) is 6.61 Å². The van der Waals surface area contributed by atoms with Gasteiger partial charge >= 0.3 is 18.0 Å². The van der Waals surface area contributed by atoms with Gasteiger partial charge in [0.2, 0.25) is 0 Å². The van der Waals surface area contributed by atoms with E-state index in [0.29, 0.717) is 0 Å². The molecular weight excluding hydrogens is 488 g/mol. The highest BCUT2D eigenvalue weighted by Gasteiger charge is 2.36. The molecule has 0 saturated heterocycles. The predicted octanol–water partition coefficient (Wildman–Crippen LogP) is 3.19. The lowest BCUT2D eigenvalue weighted by atomic mass is 10.1. The number of benzene rings is 2. The van der Waals surface area contributed by atoms with Crippen LogP contribution in [0.15, 0.2) is 84.0 Å². The number of carbonyl (C=O) groups excluding carboxylic acids is 3. The zero-order valence-corrected chi connectivity index (χ0v) is 20.5.